The zero-order chi connectivity index (χ0) is 18.0. The Morgan fingerprint density at radius 3 is 2.64 bits per heavy atom. The third-order valence-corrected chi connectivity index (χ3v) is 4.61. The molecule has 5 heteroatoms. The standard InChI is InChI=1S/C20H17BrO4/c1-12-6-17-15(10-24-19(17)7-13(12)2)9-20(23)25-11-18(22)14-4-3-5-16(21)8-14/h3-8,10H,9,11H2,1-2H3. The fraction of sp³-hybridized carbons (Fsp3) is 0.200. The van der Waals surface area contributed by atoms with E-state index in [2.05, 4.69) is 15.9 Å². The highest BCUT2D eigenvalue weighted by Crippen LogP contribution is 2.25. The number of Topliss-reactive ketones (excluding diaryl/α,β-unsaturated/α-hetero) is 1. The molecule has 2 aromatic carbocycles. The van der Waals surface area contributed by atoms with Gasteiger partial charge in [0.05, 0.1) is 12.7 Å². The topological polar surface area (TPSA) is 56.5 Å². The van der Waals surface area contributed by atoms with Crippen molar-refractivity contribution in [3.05, 3.63) is 69.4 Å². The van der Waals surface area contributed by atoms with Gasteiger partial charge in [-0.3, -0.25) is 9.59 Å². The smallest absolute Gasteiger partial charge is 0.310 e. The maximum atomic E-state index is 12.1. The highest BCUT2D eigenvalue weighted by atomic mass is 79.9. The number of ether oxygens (including phenoxy) is 1. The summed E-state index contributed by atoms with van der Waals surface area (Å²) in [6.45, 7) is 3.75. The van der Waals surface area contributed by atoms with Crippen LogP contribution in [0, 0.1) is 13.8 Å². The lowest BCUT2D eigenvalue weighted by Crippen LogP contribution is -2.15. The molecule has 0 aliphatic rings. The molecule has 4 nitrogen and oxygen atoms in total. The van der Waals surface area contributed by atoms with E-state index in [-0.39, 0.29) is 18.8 Å². The normalized spacial score (nSPS) is 10.8. The first kappa shape index (κ1) is 17.4. The summed E-state index contributed by atoms with van der Waals surface area (Å²) in [5, 5.41) is 0.901. The summed E-state index contributed by atoms with van der Waals surface area (Å²) in [7, 11) is 0. The van der Waals surface area contributed by atoms with Gasteiger partial charge in [0, 0.05) is 21.0 Å². The molecule has 0 saturated carbocycles. The van der Waals surface area contributed by atoms with Crippen molar-refractivity contribution in [2.45, 2.75) is 20.3 Å². The molecule has 3 aromatic rings. The van der Waals surface area contributed by atoms with Gasteiger partial charge in [-0.25, -0.2) is 0 Å². The summed E-state index contributed by atoms with van der Waals surface area (Å²) in [6.07, 6.45) is 1.64. The van der Waals surface area contributed by atoms with Crippen molar-refractivity contribution in [2.75, 3.05) is 6.61 Å². The number of esters is 1. The van der Waals surface area contributed by atoms with Crippen molar-refractivity contribution in [1.82, 2.24) is 0 Å². The molecule has 25 heavy (non-hydrogen) atoms. The molecule has 0 radical (unpaired) electrons. The summed E-state index contributed by atoms with van der Waals surface area (Å²) in [4.78, 5) is 24.2. The second-order valence-corrected chi connectivity index (χ2v) is 6.88. The Kier molecular flexibility index (Phi) is 5.04. The Morgan fingerprint density at radius 1 is 1.12 bits per heavy atom. The van der Waals surface area contributed by atoms with Crippen LogP contribution in [0.1, 0.15) is 27.0 Å². The molecule has 128 valence electrons. The van der Waals surface area contributed by atoms with E-state index in [1.807, 2.05) is 32.0 Å². The van der Waals surface area contributed by atoms with Gasteiger partial charge in [-0.15, -0.1) is 0 Å². The second-order valence-electron chi connectivity index (χ2n) is 5.96. The number of carbonyl (C=O) groups excluding carboxylic acids is 2. The average molecular weight is 401 g/mol. The van der Waals surface area contributed by atoms with E-state index in [4.69, 9.17) is 9.15 Å². The number of carbonyl (C=O) groups is 2. The molecule has 0 spiro atoms. The second kappa shape index (κ2) is 7.23. The molecule has 0 atom stereocenters. The number of aryl methyl sites for hydroxylation is 2. The number of benzene rings is 2. The van der Waals surface area contributed by atoms with Crippen molar-refractivity contribution in [3.8, 4) is 0 Å². The van der Waals surface area contributed by atoms with E-state index in [0.717, 1.165) is 32.1 Å². The fourth-order valence-electron chi connectivity index (χ4n) is 2.57. The van der Waals surface area contributed by atoms with Crippen molar-refractivity contribution in [2.24, 2.45) is 0 Å². The maximum absolute atomic E-state index is 12.1. The number of rotatable bonds is 5. The van der Waals surface area contributed by atoms with Gasteiger partial charge in [0.25, 0.3) is 0 Å². The van der Waals surface area contributed by atoms with Crippen LogP contribution in [0.25, 0.3) is 11.0 Å². The van der Waals surface area contributed by atoms with Crippen molar-refractivity contribution < 1.29 is 18.7 Å². The minimum absolute atomic E-state index is 0.0707. The number of furan rings is 1. The Morgan fingerprint density at radius 2 is 1.88 bits per heavy atom. The molecule has 0 amide bonds. The van der Waals surface area contributed by atoms with Crippen LogP contribution in [0.15, 0.2) is 51.6 Å². The van der Waals surface area contributed by atoms with Crippen LogP contribution in [-0.2, 0) is 16.0 Å². The minimum Gasteiger partial charge on any atom is -0.464 e. The minimum atomic E-state index is -0.454. The van der Waals surface area contributed by atoms with E-state index in [1.165, 1.54) is 0 Å². The largest absolute Gasteiger partial charge is 0.464 e. The monoisotopic (exact) mass is 400 g/mol. The van der Waals surface area contributed by atoms with Crippen LogP contribution in [0.4, 0.5) is 0 Å². The maximum Gasteiger partial charge on any atom is 0.310 e. The van der Waals surface area contributed by atoms with E-state index in [9.17, 15) is 9.59 Å². The van der Waals surface area contributed by atoms with E-state index in [1.54, 1.807) is 24.5 Å². The molecule has 0 aliphatic heterocycles. The first-order valence-electron chi connectivity index (χ1n) is 7.86. The number of hydrogen-bond acceptors (Lipinski definition) is 4. The van der Waals surface area contributed by atoms with E-state index in [0.29, 0.717) is 5.56 Å². The Hall–Kier alpha value is -2.40. The molecule has 3 rings (SSSR count). The SMILES string of the molecule is Cc1cc2occ(CC(=O)OCC(=O)c3cccc(Br)c3)c2cc1C. The van der Waals surface area contributed by atoms with Crippen molar-refractivity contribution >= 4 is 38.7 Å². The van der Waals surface area contributed by atoms with Crippen LogP contribution < -0.4 is 0 Å². The molecule has 0 bridgehead atoms. The lowest BCUT2D eigenvalue weighted by molar-refractivity contribution is -0.141. The van der Waals surface area contributed by atoms with Gasteiger partial charge in [0.2, 0.25) is 0 Å². The first-order chi connectivity index (χ1) is 11.9. The molecule has 0 N–H and O–H groups in total. The molecule has 0 fully saturated rings. The van der Waals surface area contributed by atoms with Crippen LogP contribution >= 0.6 is 15.9 Å². The number of halogens is 1. The number of ketones is 1. The van der Waals surface area contributed by atoms with Crippen LogP contribution in [-0.4, -0.2) is 18.4 Å². The lowest BCUT2D eigenvalue weighted by Gasteiger charge is -2.05. The Bertz CT molecular complexity index is 955. The van der Waals surface area contributed by atoms with Gasteiger partial charge >= 0.3 is 5.97 Å². The molecule has 0 saturated heterocycles. The molecule has 0 aliphatic carbocycles. The summed E-state index contributed by atoms with van der Waals surface area (Å²) >= 11 is 3.31. The van der Waals surface area contributed by atoms with Gasteiger partial charge in [-0.2, -0.15) is 0 Å². The predicted octanol–water partition coefficient (Wildman–Crippen LogP) is 4.78. The highest BCUT2D eigenvalue weighted by Gasteiger charge is 2.14. The Labute approximate surface area is 153 Å². The summed E-state index contributed by atoms with van der Waals surface area (Å²) < 4.78 is 11.4. The van der Waals surface area contributed by atoms with Crippen molar-refractivity contribution in [1.29, 1.82) is 0 Å². The van der Waals surface area contributed by atoms with Gasteiger partial charge in [-0.1, -0.05) is 28.1 Å². The van der Waals surface area contributed by atoms with E-state index < -0.39 is 5.97 Å². The summed E-state index contributed by atoms with van der Waals surface area (Å²) in [6, 6.07) is 10.9. The average Bonchev–Trinajstić information content (AvgIpc) is 2.95. The third-order valence-electron chi connectivity index (χ3n) is 4.12. The van der Waals surface area contributed by atoms with Crippen LogP contribution in [0.3, 0.4) is 0 Å². The third kappa shape index (κ3) is 3.99. The molecule has 1 aromatic heterocycles. The number of fused-ring (bicyclic) bond motifs is 1. The summed E-state index contributed by atoms with van der Waals surface area (Å²) in [5.41, 5.74) is 4.28. The summed E-state index contributed by atoms with van der Waals surface area (Å²) in [5.74, 6) is -0.692. The highest BCUT2D eigenvalue weighted by molar-refractivity contribution is 9.10. The molecular formula is C20H17BrO4. The lowest BCUT2D eigenvalue weighted by atomic mass is 10.0. The zero-order valence-electron chi connectivity index (χ0n) is 14.0. The zero-order valence-corrected chi connectivity index (χ0v) is 15.6. The first-order valence-corrected chi connectivity index (χ1v) is 8.65. The Balaban J connectivity index is 1.65. The molecule has 0 unspecified atom stereocenters. The molecule has 1 heterocycles. The van der Waals surface area contributed by atoms with E-state index >= 15 is 0 Å². The van der Waals surface area contributed by atoms with Crippen LogP contribution in [0.5, 0.6) is 0 Å². The van der Waals surface area contributed by atoms with Crippen LogP contribution in [0.2, 0.25) is 0 Å². The van der Waals surface area contributed by atoms with Gasteiger partial charge in [-0.05, 0) is 49.2 Å². The number of hydrogen-bond donors (Lipinski definition) is 0. The fourth-order valence-corrected chi connectivity index (χ4v) is 2.97. The van der Waals surface area contributed by atoms with Gasteiger partial charge in [0.15, 0.2) is 12.4 Å². The quantitative estimate of drug-likeness (QED) is 0.456. The predicted molar refractivity (Wildman–Crippen MR) is 98.8 cm³/mol. The molecular weight excluding hydrogens is 384 g/mol. The van der Waals surface area contributed by atoms with Gasteiger partial charge < -0.3 is 9.15 Å². The van der Waals surface area contributed by atoms with Gasteiger partial charge in [0.1, 0.15) is 5.58 Å². The van der Waals surface area contributed by atoms with Crippen molar-refractivity contribution in [3.63, 3.8) is 0 Å².